The van der Waals surface area contributed by atoms with Gasteiger partial charge in [0.15, 0.2) is 0 Å². The molecule has 0 bridgehead atoms. The van der Waals surface area contributed by atoms with Crippen molar-refractivity contribution >= 4 is 22.9 Å². The number of benzene rings is 1. The van der Waals surface area contributed by atoms with Crippen LogP contribution in [0.4, 0.5) is 22.9 Å². The van der Waals surface area contributed by atoms with Crippen molar-refractivity contribution in [3.05, 3.63) is 72.8 Å². The lowest BCUT2D eigenvalue weighted by Crippen LogP contribution is -2.31. The van der Waals surface area contributed by atoms with Crippen LogP contribution in [0.25, 0.3) is 11.1 Å². The van der Waals surface area contributed by atoms with Gasteiger partial charge in [0, 0.05) is 73.8 Å². The monoisotopic (exact) mass is 480 g/mol. The van der Waals surface area contributed by atoms with Gasteiger partial charge in [0.2, 0.25) is 0 Å². The van der Waals surface area contributed by atoms with Gasteiger partial charge in [-0.05, 0) is 74.4 Å². The van der Waals surface area contributed by atoms with E-state index >= 15 is 0 Å². The number of fused-ring (bicyclic) bond motifs is 1. The number of anilines is 4. The molecule has 3 aliphatic rings. The summed E-state index contributed by atoms with van der Waals surface area (Å²) in [6.07, 6.45) is 12.2. The highest BCUT2D eigenvalue weighted by molar-refractivity contribution is 5.75. The first-order valence-electron chi connectivity index (χ1n) is 13.4. The number of aromatic nitrogens is 2. The van der Waals surface area contributed by atoms with Crippen molar-refractivity contribution in [3.63, 3.8) is 0 Å². The summed E-state index contributed by atoms with van der Waals surface area (Å²) in [5.74, 6) is 1.05. The Labute approximate surface area is 214 Å². The summed E-state index contributed by atoms with van der Waals surface area (Å²) in [5, 5.41) is 7.24. The summed E-state index contributed by atoms with van der Waals surface area (Å²) >= 11 is 0. The van der Waals surface area contributed by atoms with Crippen molar-refractivity contribution < 1.29 is 0 Å². The van der Waals surface area contributed by atoms with Crippen LogP contribution in [0.15, 0.2) is 67.3 Å². The van der Waals surface area contributed by atoms with E-state index in [4.69, 9.17) is 0 Å². The average molecular weight is 481 g/mol. The second-order valence-electron chi connectivity index (χ2n) is 10.6. The van der Waals surface area contributed by atoms with E-state index in [1.165, 1.54) is 54.6 Å². The van der Waals surface area contributed by atoms with Gasteiger partial charge in [-0.25, -0.2) is 4.98 Å². The highest BCUT2D eigenvalue weighted by Crippen LogP contribution is 2.43. The summed E-state index contributed by atoms with van der Waals surface area (Å²) in [6, 6.07) is 13.2. The first-order valence-corrected chi connectivity index (χ1v) is 13.4. The fourth-order valence-corrected chi connectivity index (χ4v) is 5.81. The van der Waals surface area contributed by atoms with E-state index in [1.807, 2.05) is 24.7 Å². The molecule has 186 valence electrons. The Morgan fingerprint density at radius 3 is 2.53 bits per heavy atom. The van der Waals surface area contributed by atoms with Crippen LogP contribution in [0.1, 0.15) is 44.6 Å². The van der Waals surface area contributed by atoms with E-state index in [-0.39, 0.29) is 5.41 Å². The Morgan fingerprint density at radius 1 is 0.917 bits per heavy atom. The van der Waals surface area contributed by atoms with Gasteiger partial charge in [0.25, 0.3) is 0 Å². The number of pyridine rings is 2. The summed E-state index contributed by atoms with van der Waals surface area (Å²) in [4.78, 5) is 14.0. The van der Waals surface area contributed by atoms with Crippen LogP contribution < -0.4 is 20.4 Å². The van der Waals surface area contributed by atoms with Gasteiger partial charge in [-0.1, -0.05) is 12.6 Å². The van der Waals surface area contributed by atoms with Crippen molar-refractivity contribution in [2.45, 2.75) is 44.4 Å². The second-order valence-corrected chi connectivity index (χ2v) is 10.6. The van der Waals surface area contributed by atoms with Gasteiger partial charge in [-0.3, -0.25) is 4.98 Å². The zero-order chi connectivity index (χ0) is 24.5. The van der Waals surface area contributed by atoms with Crippen molar-refractivity contribution in [2.75, 3.05) is 53.2 Å². The molecule has 1 atom stereocenters. The molecule has 0 radical (unpaired) electrons. The zero-order valence-electron chi connectivity index (χ0n) is 21.3. The van der Waals surface area contributed by atoms with Crippen molar-refractivity contribution in [3.8, 4) is 11.1 Å². The van der Waals surface area contributed by atoms with Crippen molar-refractivity contribution in [1.29, 1.82) is 0 Å². The molecule has 6 heteroatoms. The van der Waals surface area contributed by atoms with Crippen LogP contribution in [0.5, 0.6) is 0 Å². The maximum Gasteiger partial charge on any atom is 0.130 e. The molecule has 5 heterocycles. The molecular weight excluding hydrogens is 444 g/mol. The number of nitrogens with one attached hydrogen (secondary N) is 2. The van der Waals surface area contributed by atoms with Crippen LogP contribution in [-0.4, -0.2) is 42.7 Å². The largest absolute Gasteiger partial charge is 0.384 e. The zero-order valence-corrected chi connectivity index (χ0v) is 21.3. The van der Waals surface area contributed by atoms with E-state index in [0.29, 0.717) is 0 Å². The molecule has 6 rings (SSSR count). The first-order chi connectivity index (χ1) is 17.6. The molecule has 6 nitrogen and oxygen atoms in total. The minimum atomic E-state index is -0.236. The van der Waals surface area contributed by atoms with E-state index in [0.717, 1.165) is 55.5 Å². The first kappa shape index (κ1) is 22.9. The molecule has 2 fully saturated rings. The van der Waals surface area contributed by atoms with Crippen molar-refractivity contribution in [2.24, 2.45) is 0 Å². The van der Waals surface area contributed by atoms with Gasteiger partial charge < -0.3 is 20.4 Å². The third-order valence-electron chi connectivity index (χ3n) is 8.16. The normalized spacial score (nSPS) is 21.2. The Balaban J connectivity index is 1.25. The molecule has 3 aliphatic heterocycles. The third-order valence-corrected chi connectivity index (χ3v) is 8.16. The lowest BCUT2D eigenvalue weighted by molar-refractivity contribution is 0.573. The Bertz CT molecular complexity index is 1260. The summed E-state index contributed by atoms with van der Waals surface area (Å²) in [5.41, 5.74) is 7.83. The summed E-state index contributed by atoms with van der Waals surface area (Å²) < 4.78 is 0. The van der Waals surface area contributed by atoms with Gasteiger partial charge in [-0.15, -0.1) is 0 Å². The molecule has 1 unspecified atom stereocenters. The third kappa shape index (κ3) is 4.29. The van der Waals surface area contributed by atoms with Gasteiger partial charge in [-0.2, -0.15) is 0 Å². The quantitative estimate of drug-likeness (QED) is 0.448. The molecule has 1 aromatic carbocycles. The maximum absolute atomic E-state index is 4.64. The molecule has 2 aromatic heterocycles. The Kier molecular flexibility index (Phi) is 6.04. The predicted molar refractivity (Wildman–Crippen MR) is 150 cm³/mol. The van der Waals surface area contributed by atoms with Crippen LogP contribution in [0, 0.1) is 0 Å². The Morgan fingerprint density at radius 2 is 1.69 bits per heavy atom. The molecule has 2 N–H and O–H groups in total. The lowest BCUT2D eigenvalue weighted by atomic mass is 9.80. The highest BCUT2D eigenvalue weighted by Gasteiger charge is 2.37. The number of piperidine rings is 1. The highest BCUT2D eigenvalue weighted by atomic mass is 15.2. The molecular formula is C30H36N6. The van der Waals surface area contributed by atoms with Crippen LogP contribution in [0.3, 0.4) is 0 Å². The second kappa shape index (κ2) is 9.49. The fraction of sp³-hybridized carbons (Fsp3) is 0.400. The average Bonchev–Trinajstić information content (AvgIpc) is 3.59. The van der Waals surface area contributed by atoms with Gasteiger partial charge in [0.1, 0.15) is 5.82 Å². The van der Waals surface area contributed by atoms with E-state index < -0.39 is 0 Å². The predicted octanol–water partition coefficient (Wildman–Crippen LogP) is 6.04. The molecule has 2 saturated heterocycles. The molecule has 36 heavy (non-hydrogen) atoms. The van der Waals surface area contributed by atoms with E-state index in [9.17, 15) is 0 Å². The molecule has 0 saturated carbocycles. The Hall–Kier alpha value is -3.54. The SMILES string of the molecule is C=C(Nc1ccnc(N2CCCCC2)c1)C1(C)CNc2ccc(-c3cncc(N4CCCC4)c3)cc21. The lowest BCUT2D eigenvalue weighted by Gasteiger charge is -2.30. The number of nitrogens with zero attached hydrogens (tertiary/aromatic N) is 4. The van der Waals surface area contributed by atoms with Gasteiger partial charge in [0.05, 0.1) is 17.3 Å². The van der Waals surface area contributed by atoms with Crippen LogP contribution in [-0.2, 0) is 5.41 Å². The van der Waals surface area contributed by atoms with E-state index in [1.54, 1.807) is 0 Å². The molecule has 0 aliphatic carbocycles. The smallest absolute Gasteiger partial charge is 0.130 e. The number of hydrogen-bond acceptors (Lipinski definition) is 6. The number of rotatable bonds is 6. The van der Waals surface area contributed by atoms with Crippen LogP contribution >= 0.6 is 0 Å². The fourth-order valence-electron chi connectivity index (χ4n) is 5.81. The maximum atomic E-state index is 4.64. The number of hydrogen-bond donors (Lipinski definition) is 2. The summed E-state index contributed by atoms with van der Waals surface area (Å²) in [6.45, 7) is 12.0. The molecule has 0 spiro atoms. The molecule has 0 amide bonds. The van der Waals surface area contributed by atoms with Crippen LogP contribution in [0.2, 0.25) is 0 Å². The van der Waals surface area contributed by atoms with Crippen molar-refractivity contribution in [1.82, 2.24) is 9.97 Å². The minimum Gasteiger partial charge on any atom is -0.384 e. The minimum absolute atomic E-state index is 0.236. The van der Waals surface area contributed by atoms with Gasteiger partial charge >= 0.3 is 0 Å². The molecule has 3 aromatic rings. The van der Waals surface area contributed by atoms with E-state index in [2.05, 4.69) is 74.2 Å². The standard InChI is InChI=1S/C30H36N6/c1-22(34-25-10-11-32-29(18-25)36-14-4-3-5-15-36)30(2)21-33-28-9-8-23(17-27(28)30)24-16-26(20-31-19-24)35-12-6-7-13-35/h8-11,16-20,33H,1,3-7,12-15,21H2,2H3,(H,32,34). The summed E-state index contributed by atoms with van der Waals surface area (Å²) in [7, 11) is 0. The topological polar surface area (TPSA) is 56.3 Å².